The molecule has 0 amide bonds. The van der Waals surface area contributed by atoms with Gasteiger partial charge in [-0.15, -0.1) is 0 Å². The van der Waals surface area contributed by atoms with Gasteiger partial charge in [0.05, 0.1) is 55.5 Å². The maximum Gasteiger partial charge on any atom is 0.174 e. The number of hydrogen-bond acceptors (Lipinski definition) is 10. The normalized spacial score (nSPS) is 16.7. The average Bonchev–Trinajstić information content (AvgIpc) is 3.09. The fourth-order valence-corrected chi connectivity index (χ4v) is 6.03. The van der Waals surface area contributed by atoms with Gasteiger partial charge in [0.25, 0.3) is 0 Å². The van der Waals surface area contributed by atoms with E-state index >= 15 is 0 Å². The summed E-state index contributed by atoms with van der Waals surface area (Å²) in [6, 6.07) is 17.9. The van der Waals surface area contributed by atoms with Crippen LogP contribution in [0.3, 0.4) is 0 Å². The molecule has 2 aliphatic heterocycles. The molecule has 4 aromatic carbocycles. The molecule has 46 heavy (non-hydrogen) atoms. The van der Waals surface area contributed by atoms with Gasteiger partial charge in [0.2, 0.25) is 0 Å². The van der Waals surface area contributed by atoms with Crippen molar-refractivity contribution >= 4 is 11.6 Å². The number of carbonyl (C=O) groups excluding carboxylic acids is 2. The fourth-order valence-electron chi connectivity index (χ4n) is 6.03. The van der Waals surface area contributed by atoms with Gasteiger partial charge in [-0.3, -0.25) is 9.59 Å². The lowest BCUT2D eigenvalue weighted by molar-refractivity contribution is 0.0834. The first kappa shape index (κ1) is 30.6. The van der Waals surface area contributed by atoms with Gasteiger partial charge in [0.15, 0.2) is 23.1 Å². The Morgan fingerprint density at radius 1 is 0.522 bits per heavy atom. The van der Waals surface area contributed by atoms with Crippen LogP contribution >= 0.6 is 0 Å². The Balaban J connectivity index is 1.43. The minimum atomic E-state index is -0.599. The van der Waals surface area contributed by atoms with E-state index in [1.54, 1.807) is 45.6 Å². The van der Waals surface area contributed by atoms with Crippen molar-refractivity contribution in [2.75, 3.05) is 42.7 Å². The van der Waals surface area contributed by atoms with Crippen LogP contribution < -0.4 is 37.9 Å². The molecule has 0 aliphatic carbocycles. The third-order valence-corrected chi connectivity index (χ3v) is 8.33. The van der Waals surface area contributed by atoms with E-state index < -0.39 is 12.2 Å². The highest BCUT2D eigenvalue weighted by Gasteiger charge is 2.35. The van der Waals surface area contributed by atoms with Crippen molar-refractivity contribution in [2.24, 2.45) is 0 Å². The molecule has 6 rings (SSSR count). The van der Waals surface area contributed by atoms with Crippen LogP contribution in [-0.2, 0) is 0 Å². The molecular weight excluding hydrogens is 592 g/mol. The number of rotatable bonds is 9. The van der Waals surface area contributed by atoms with Crippen LogP contribution in [0, 0.1) is 0 Å². The van der Waals surface area contributed by atoms with Crippen molar-refractivity contribution in [2.45, 2.75) is 25.0 Å². The van der Waals surface area contributed by atoms with Gasteiger partial charge in [-0.05, 0) is 47.5 Å². The average molecular weight is 627 g/mol. The fraction of sp³-hybridized carbons (Fsp3) is 0.278. The minimum absolute atomic E-state index is 0.0958. The van der Waals surface area contributed by atoms with Crippen LogP contribution in [0.2, 0.25) is 0 Å². The lowest BCUT2D eigenvalue weighted by Crippen LogP contribution is -2.22. The van der Waals surface area contributed by atoms with Gasteiger partial charge in [-0.1, -0.05) is 12.1 Å². The maximum absolute atomic E-state index is 13.7. The summed E-state index contributed by atoms with van der Waals surface area (Å²) in [6.45, 7) is 0. The SMILES string of the molecule is COc1cc(OC)c2c(c1)OC(c1ccc(OC)c(-c3ccc(OC)c4c3OC(c3ccc(OC)c(OC)c3)CC4=O)c1)CC2=O. The van der Waals surface area contributed by atoms with Crippen LogP contribution in [0.25, 0.3) is 11.1 Å². The molecule has 10 heteroatoms. The van der Waals surface area contributed by atoms with E-state index in [-0.39, 0.29) is 24.4 Å². The number of Topliss-reactive ketones (excluding diaryl/α,β-unsaturated/α-hetero) is 2. The Hall–Kier alpha value is -5.38. The summed E-state index contributed by atoms with van der Waals surface area (Å²) in [5.74, 6) is 3.46. The van der Waals surface area contributed by atoms with Gasteiger partial charge in [-0.25, -0.2) is 0 Å². The van der Waals surface area contributed by atoms with Crippen molar-refractivity contribution in [1.29, 1.82) is 0 Å². The standard InChI is InChI=1S/C36H34O10/c1-39-21-15-32(44-6)34-24(37)17-29(45-33(34)16-21)19-7-10-26(40-2)23(13-19)22-9-12-28(42-4)35-25(38)18-30(46-36(22)35)20-8-11-27(41-3)31(14-20)43-5/h7-16,29-30H,17-18H2,1-6H3. The minimum Gasteiger partial charge on any atom is -0.496 e. The molecule has 238 valence electrons. The second kappa shape index (κ2) is 12.5. The summed E-state index contributed by atoms with van der Waals surface area (Å²) >= 11 is 0. The smallest absolute Gasteiger partial charge is 0.174 e. The zero-order valence-corrected chi connectivity index (χ0v) is 26.4. The number of methoxy groups -OCH3 is 6. The van der Waals surface area contributed by atoms with Crippen molar-refractivity contribution in [3.8, 4) is 57.1 Å². The predicted octanol–water partition coefficient (Wildman–Crippen LogP) is 6.82. The van der Waals surface area contributed by atoms with Crippen LogP contribution in [0.1, 0.15) is 56.9 Å². The molecular formula is C36H34O10. The van der Waals surface area contributed by atoms with E-state index in [2.05, 4.69) is 0 Å². The summed E-state index contributed by atoms with van der Waals surface area (Å²) in [4.78, 5) is 27.1. The first-order valence-electron chi connectivity index (χ1n) is 14.6. The molecule has 0 fully saturated rings. The van der Waals surface area contributed by atoms with E-state index in [0.29, 0.717) is 68.2 Å². The largest absolute Gasteiger partial charge is 0.496 e. The number of ketones is 2. The van der Waals surface area contributed by atoms with Gasteiger partial charge in [-0.2, -0.15) is 0 Å². The Morgan fingerprint density at radius 2 is 1.11 bits per heavy atom. The molecule has 2 aliphatic rings. The zero-order chi connectivity index (χ0) is 32.5. The third-order valence-electron chi connectivity index (χ3n) is 8.33. The summed E-state index contributed by atoms with van der Waals surface area (Å²) in [5, 5.41) is 0. The van der Waals surface area contributed by atoms with Crippen molar-refractivity contribution < 1.29 is 47.5 Å². The molecule has 0 radical (unpaired) electrons. The molecule has 0 saturated heterocycles. The lowest BCUT2D eigenvalue weighted by atomic mass is 9.89. The zero-order valence-electron chi connectivity index (χ0n) is 26.4. The molecule has 0 spiro atoms. The van der Waals surface area contributed by atoms with Crippen LogP contribution in [0.15, 0.2) is 60.7 Å². The predicted molar refractivity (Wildman–Crippen MR) is 169 cm³/mol. The molecule has 2 atom stereocenters. The second-order valence-electron chi connectivity index (χ2n) is 10.8. The Labute approximate surface area is 266 Å². The molecule has 2 heterocycles. The summed E-state index contributed by atoms with van der Waals surface area (Å²) in [6.07, 6.45) is -0.999. The molecule has 0 bridgehead atoms. The molecule has 0 N–H and O–H groups in total. The van der Waals surface area contributed by atoms with Gasteiger partial charge in [0, 0.05) is 23.3 Å². The Kier molecular flexibility index (Phi) is 8.36. The number of fused-ring (bicyclic) bond motifs is 2. The number of ether oxygens (including phenoxy) is 8. The van der Waals surface area contributed by atoms with Crippen molar-refractivity contribution in [3.63, 3.8) is 0 Å². The Bertz CT molecular complexity index is 1830. The molecule has 0 saturated carbocycles. The first-order chi connectivity index (χ1) is 22.3. The first-order valence-corrected chi connectivity index (χ1v) is 14.6. The highest BCUT2D eigenvalue weighted by Crippen LogP contribution is 2.49. The van der Waals surface area contributed by atoms with Crippen molar-refractivity contribution in [1.82, 2.24) is 0 Å². The highest BCUT2D eigenvalue weighted by molar-refractivity contribution is 6.05. The molecule has 0 aromatic heterocycles. The molecule has 10 nitrogen and oxygen atoms in total. The summed E-state index contributed by atoms with van der Waals surface area (Å²) in [5.41, 5.74) is 3.50. The van der Waals surface area contributed by atoms with E-state index in [0.717, 1.165) is 11.1 Å². The van der Waals surface area contributed by atoms with Crippen LogP contribution in [0.4, 0.5) is 0 Å². The van der Waals surface area contributed by atoms with Crippen LogP contribution in [-0.4, -0.2) is 54.2 Å². The van der Waals surface area contributed by atoms with Gasteiger partial charge >= 0.3 is 0 Å². The highest BCUT2D eigenvalue weighted by atomic mass is 16.5. The number of hydrogen-bond donors (Lipinski definition) is 0. The number of benzene rings is 4. The van der Waals surface area contributed by atoms with Gasteiger partial charge in [0.1, 0.15) is 57.8 Å². The summed E-state index contributed by atoms with van der Waals surface area (Å²) in [7, 11) is 9.25. The lowest BCUT2D eigenvalue weighted by Gasteiger charge is -2.30. The number of carbonyl (C=O) groups is 2. The van der Waals surface area contributed by atoms with Crippen molar-refractivity contribution in [3.05, 3.63) is 82.9 Å². The third kappa shape index (κ3) is 5.29. The van der Waals surface area contributed by atoms with Gasteiger partial charge < -0.3 is 37.9 Å². The monoisotopic (exact) mass is 626 g/mol. The van der Waals surface area contributed by atoms with E-state index in [9.17, 15) is 9.59 Å². The second-order valence-corrected chi connectivity index (χ2v) is 10.8. The molecule has 2 unspecified atom stereocenters. The van der Waals surface area contributed by atoms with E-state index in [4.69, 9.17) is 37.9 Å². The topological polar surface area (TPSA) is 108 Å². The quantitative estimate of drug-likeness (QED) is 0.196. The summed E-state index contributed by atoms with van der Waals surface area (Å²) < 4.78 is 46.1. The Morgan fingerprint density at radius 3 is 1.76 bits per heavy atom. The molecule has 4 aromatic rings. The van der Waals surface area contributed by atoms with E-state index in [1.807, 2.05) is 36.4 Å². The maximum atomic E-state index is 13.7. The van der Waals surface area contributed by atoms with Crippen LogP contribution in [0.5, 0.6) is 46.0 Å². The van der Waals surface area contributed by atoms with E-state index in [1.165, 1.54) is 21.3 Å².